The maximum absolute atomic E-state index is 8.59. The van der Waals surface area contributed by atoms with Crippen LogP contribution in [-0.2, 0) is 0 Å². The van der Waals surface area contributed by atoms with E-state index in [2.05, 4.69) is 15.4 Å². The van der Waals surface area contributed by atoms with Gasteiger partial charge in [0.15, 0.2) is 0 Å². The molecule has 0 radical (unpaired) electrons. The van der Waals surface area contributed by atoms with Crippen molar-refractivity contribution in [2.75, 3.05) is 0 Å². The molecule has 1 unspecified atom stereocenters. The average molecular weight is 153 g/mol. The lowest BCUT2D eigenvalue weighted by molar-refractivity contribution is 0.131. The van der Waals surface area contributed by atoms with E-state index in [1.54, 1.807) is 12.4 Å². The molecule has 2 N–H and O–H groups in total. The zero-order valence-electron chi connectivity index (χ0n) is 6.57. The predicted molar refractivity (Wildman–Crippen MR) is 40.1 cm³/mol. The maximum Gasteiger partial charge on any atom is 0.0805 e. The fraction of sp³-hybridized carbons (Fsp3) is 0.429. The number of rotatable bonds is 2. The summed E-state index contributed by atoms with van der Waals surface area (Å²) in [7, 11) is 0. The van der Waals surface area contributed by atoms with Gasteiger partial charge in [0, 0.05) is 12.4 Å². The molecule has 1 rings (SSSR count). The van der Waals surface area contributed by atoms with Gasteiger partial charge in [0.1, 0.15) is 0 Å². The first-order valence-corrected chi connectivity index (χ1v) is 3.43. The summed E-state index contributed by atoms with van der Waals surface area (Å²) in [5.74, 6) is 0. The van der Waals surface area contributed by atoms with Gasteiger partial charge in [0.2, 0.25) is 0 Å². The van der Waals surface area contributed by atoms with Crippen molar-refractivity contribution in [3.63, 3.8) is 0 Å². The second-order valence-electron chi connectivity index (χ2n) is 2.38. The topological polar surface area (TPSA) is 58.0 Å². The Labute approximate surface area is 65.3 Å². The van der Waals surface area contributed by atoms with Crippen molar-refractivity contribution in [3.8, 4) is 0 Å². The Morgan fingerprint density at radius 2 is 2.09 bits per heavy atom. The Hall–Kier alpha value is -1.00. The summed E-state index contributed by atoms with van der Waals surface area (Å²) in [5.41, 5.74) is 3.73. The van der Waals surface area contributed by atoms with E-state index in [1.165, 1.54) is 0 Å². The van der Waals surface area contributed by atoms with Crippen LogP contribution in [0.3, 0.4) is 0 Å². The maximum atomic E-state index is 8.59. The Balaban J connectivity index is 2.93. The summed E-state index contributed by atoms with van der Waals surface area (Å²) in [6.07, 6.45) is 3.24. The zero-order valence-corrected chi connectivity index (χ0v) is 6.57. The molecule has 1 aromatic rings. The first-order valence-electron chi connectivity index (χ1n) is 3.43. The van der Waals surface area contributed by atoms with Crippen LogP contribution in [0.1, 0.15) is 24.4 Å². The highest BCUT2D eigenvalue weighted by Crippen LogP contribution is 2.09. The molecule has 0 aliphatic carbocycles. The molecule has 0 spiro atoms. The Morgan fingerprint density at radius 1 is 1.45 bits per heavy atom. The Bertz CT molecular complexity index is 239. The minimum atomic E-state index is -0.163. The van der Waals surface area contributed by atoms with Gasteiger partial charge in [-0.3, -0.25) is 9.97 Å². The molecule has 60 valence electrons. The van der Waals surface area contributed by atoms with E-state index in [1.807, 2.05) is 13.8 Å². The van der Waals surface area contributed by atoms with Crippen molar-refractivity contribution in [1.29, 1.82) is 0 Å². The Morgan fingerprint density at radius 3 is 2.64 bits per heavy atom. The fourth-order valence-electron chi connectivity index (χ4n) is 0.905. The second kappa shape index (κ2) is 3.41. The molecule has 0 saturated heterocycles. The summed E-state index contributed by atoms with van der Waals surface area (Å²) in [6.45, 7) is 3.67. The highest BCUT2D eigenvalue weighted by molar-refractivity contribution is 5.11. The molecule has 1 heterocycles. The quantitative estimate of drug-likeness (QED) is 0.618. The molecule has 0 bridgehead atoms. The summed E-state index contributed by atoms with van der Waals surface area (Å²) >= 11 is 0. The van der Waals surface area contributed by atoms with Crippen LogP contribution in [0.4, 0.5) is 0 Å². The van der Waals surface area contributed by atoms with Gasteiger partial charge >= 0.3 is 0 Å². The number of aromatic nitrogens is 2. The van der Waals surface area contributed by atoms with Gasteiger partial charge in [-0.1, -0.05) is 0 Å². The van der Waals surface area contributed by atoms with Crippen molar-refractivity contribution in [3.05, 3.63) is 23.8 Å². The smallest absolute Gasteiger partial charge is 0.0805 e. The summed E-state index contributed by atoms with van der Waals surface area (Å²) < 4.78 is 0. The van der Waals surface area contributed by atoms with Crippen LogP contribution in [0.5, 0.6) is 0 Å². The lowest BCUT2D eigenvalue weighted by Gasteiger charge is -2.09. The van der Waals surface area contributed by atoms with Crippen LogP contribution >= 0.6 is 0 Å². The lowest BCUT2D eigenvalue weighted by Crippen LogP contribution is -2.16. The van der Waals surface area contributed by atoms with Gasteiger partial charge in [0.25, 0.3) is 0 Å². The third kappa shape index (κ3) is 1.72. The average Bonchev–Trinajstić information content (AvgIpc) is 2.04. The van der Waals surface area contributed by atoms with Gasteiger partial charge in [-0.15, -0.1) is 0 Å². The van der Waals surface area contributed by atoms with E-state index in [0.717, 1.165) is 11.4 Å². The number of aryl methyl sites for hydroxylation is 1. The van der Waals surface area contributed by atoms with Gasteiger partial charge in [-0.05, 0) is 13.8 Å². The van der Waals surface area contributed by atoms with Crippen LogP contribution in [0, 0.1) is 6.92 Å². The highest BCUT2D eigenvalue weighted by Gasteiger charge is 2.07. The second-order valence-corrected chi connectivity index (χ2v) is 2.38. The number of hydrogen-bond donors (Lipinski definition) is 2. The number of hydrogen-bond acceptors (Lipinski definition) is 4. The fourth-order valence-corrected chi connectivity index (χ4v) is 0.905. The SMILES string of the molecule is Cc1nccnc1C(C)NO. The third-order valence-electron chi connectivity index (χ3n) is 1.52. The van der Waals surface area contributed by atoms with Crippen molar-refractivity contribution in [1.82, 2.24) is 15.4 Å². The van der Waals surface area contributed by atoms with Crippen LogP contribution in [-0.4, -0.2) is 15.2 Å². The van der Waals surface area contributed by atoms with Gasteiger partial charge in [0.05, 0.1) is 17.4 Å². The molecule has 1 aromatic heterocycles. The van der Waals surface area contributed by atoms with Gasteiger partial charge in [-0.2, -0.15) is 5.48 Å². The molecule has 0 aliphatic heterocycles. The van der Waals surface area contributed by atoms with E-state index in [0.29, 0.717) is 0 Å². The van der Waals surface area contributed by atoms with Crippen molar-refractivity contribution in [2.24, 2.45) is 0 Å². The number of nitrogens with one attached hydrogen (secondary N) is 1. The van der Waals surface area contributed by atoms with Crippen LogP contribution in [0.15, 0.2) is 12.4 Å². The molecule has 0 aliphatic rings. The lowest BCUT2D eigenvalue weighted by atomic mass is 10.2. The number of nitrogens with zero attached hydrogens (tertiary/aromatic N) is 2. The van der Waals surface area contributed by atoms with Crippen LogP contribution < -0.4 is 5.48 Å². The van der Waals surface area contributed by atoms with Crippen LogP contribution in [0.25, 0.3) is 0 Å². The Kier molecular flexibility index (Phi) is 2.51. The van der Waals surface area contributed by atoms with E-state index in [-0.39, 0.29) is 6.04 Å². The molecule has 0 saturated carbocycles. The van der Waals surface area contributed by atoms with E-state index in [4.69, 9.17) is 5.21 Å². The number of hydroxylamine groups is 1. The van der Waals surface area contributed by atoms with Crippen LogP contribution in [0.2, 0.25) is 0 Å². The third-order valence-corrected chi connectivity index (χ3v) is 1.52. The molecule has 11 heavy (non-hydrogen) atoms. The minimum Gasteiger partial charge on any atom is -0.316 e. The molecule has 0 aromatic carbocycles. The summed E-state index contributed by atoms with van der Waals surface area (Å²) in [5, 5.41) is 8.59. The molecular formula is C7H11N3O. The summed E-state index contributed by atoms with van der Waals surface area (Å²) in [4.78, 5) is 8.10. The molecule has 0 fully saturated rings. The van der Waals surface area contributed by atoms with Crippen molar-refractivity contribution >= 4 is 0 Å². The molecule has 4 nitrogen and oxygen atoms in total. The molecule has 1 atom stereocenters. The zero-order chi connectivity index (χ0) is 8.27. The van der Waals surface area contributed by atoms with Crippen molar-refractivity contribution in [2.45, 2.75) is 19.9 Å². The monoisotopic (exact) mass is 153 g/mol. The van der Waals surface area contributed by atoms with Gasteiger partial charge in [-0.25, -0.2) is 0 Å². The van der Waals surface area contributed by atoms with E-state index < -0.39 is 0 Å². The van der Waals surface area contributed by atoms with Gasteiger partial charge < -0.3 is 5.21 Å². The largest absolute Gasteiger partial charge is 0.316 e. The normalized spacial score (nSPS) is 13.0. The summed E-state index contributed by atoms with van der Waals surface area (Å²) in [6, 6.07) is -0.163. The molecule has 0 amide bonds. The van der Waals surface area contributed by atoms with Crippen molar-refractivity contribution < 1.29 is 5.21 Å². The first kappa shape index (κ1) is 8.10. The minimum absolute atomic E-state index is 0.163. The standard InChI is InChI=1S/C7H11N3O/c1-5-7(6(2)10-11)9-4-3-8-5/h3-4,6,10-11H,1-2H3. The molecular weight excluding hydrogens is 142 g/mol. The highest BCUT2D eigenvalue weighted by atomic mass is 16.5. The van der Waals surface area contributed by atoms with E-state index >= 15 is 0 Å². The first-order chi connectivity index (χ1) is 5.25. The predicted octanol–water partition coefficient (Wildman–Crippen LogP) is 0.825. The molecule has 4 heteroatoms. The van der Waals surface area contributed by atoms with E-state index in [9.17, 15) is 0 Å².